The summed E-state index contributed by atoms with van der Waals surface area (Å²) in [5, 5.41) is 0.841. The van der Waals surface area contributed by atoms with Gasteiger partial charge in [0.05, 0.1) is 6.04 Å². The van der Waals surface area contributed by atoms with Crippen LogP contribution < -0.4 is 4.90 Å². The van der Waals surface area contributed by atoms with Crippen LogP contribution in [0, 0.1) is 0 Å². The molecule has 1 fully saturated rings. The van der Waals surface area contributed by atoms with E-state index in [-0.39, 0.29) is 18.2 Å². The lowest BCUT2D eigenvalue weighted by atomic mass is 9.95. The lowest BCUT2D eigenvalue weighted by Gasteiger charge is -2.31. The molecule has 0 unspecified atom stereocenters. The molecule has 4 rings (SSSR count). The Labute approximate surface area is 178 Å². The molecule has 1 saturated heterocycles. The van der Waals surface area contributed by atoms with Crippen molar-refractivity contribution in [3.8, 4) is 0 Å². The van der Waals surface area contributed by atoms with Crippen molar-refractivity contribution in [1.29, 1.82) is 0 Å². The zero-order chi connectivity index (χ0) is 20.9. The van der Waals surface area contributed by atoms with Crippen LogP contribution in [-0.2, 0) is 11.2 Å². The summed E-state index contributed by atoms with van der Waals surface area (Å²) in [6.45, 7) is 8.80. The molecular weight excluding hydrogens is 386 g/mol. The van der Waals surface area contributed by atoms with Gasteiger partial charge in [0, 0.05) is 54.2 Å². The fourth-order valence-electron chi connectivity index (χ4n) is 4.69. The maximum absolute atomic E-state index is 12.8. The van der Waals surface area contributed by atoms with E-state index in [2.05, 4.69) is 24.9 Å². The molecule has 156 valence electrons. The zero-order valence-electron chi connectivity index (χ0n) is 18.0. The second kappa shape index (κ2) is 7.35. The second-order valence-electron chi connectivity index (χ2n) is 9.37. The number of amides is 1. The average molecular weight is 416 g/mol. The first-order valence-corrected chi connectivity index (χ1v) is 10.8. The number of benzene rings is 1. The fourth-order valence-corrected chi connectivity index (χ4v) is 4.93. The topological polar surface area (TPSA) is 45.1 Å². The molecular formula is C23H30ClN3O2. The Kier molecular flexibility index (Phi) is 5.14. The quantitative estimate of drug-likeness (QED) is 0.657. The Morgan fingerprint density at radius 2 is 2.03 bits per heavy atom. The summed E-state index contributed by atoms with van der Waals surface area (Å²) >= 11 is 6.44. The normalized spacial score (nSPS) is 23.9. The van der Waals surface area contributed by atoms with E-state index in [1.165, 1.54) is 22.4 Å². The molecule has 0 N–H and O–H groups in total. The van der Waals surface area contributed by atoms with E-state index in [1.54, 1.807) is 0 Å². The third kappa shape index (κ3) is 3.77. The Morgan fingerprint density at radius 3 is 2.76 bits per heavy atom. The van der Waals surface area contributed by atoms with Crippen LogP contribution in [-0.4, -0.2) is 48.0 Å². The summed E-state index contributed by atoms with van der Waals surface area (Å²) in [7, 11) is 2.12. The van der Waals surface area contributed by atoms with Crippen LogP contribution in [0.25, 0.3) is 5.57 Å². The van der Waals surface area contributed by atoms with Gasteiger partial charge >= 0.3 is 6.09 Å². The van der Waals surface area contributed by atoms with Crippen LogP contribution in [0.5, 0.6) is 0 Å². The molecule has 0 radical (unpaired) electrons. The van der Waals surface area contributed by atoms with E-state index in [9.17, 15) is 4.79 Å². The number of ether oxygens (including phenoxy) is 1. The van der Waals surface area contributed by atoms with Crippen molar-refractivity contribution >= 4 is 34.7 Å². The molecule has 1 aromatic carbocycles. The van der Waals surface area contributed by atoms with Crippen molar-refractivity contribution in [1.82, 2.24) is 4.90 Å². The Hall–Kier alpha value is -2.01. The number of carbonyl (C=O) groups excluding carboxylic acids is 1. The number of hydrogen-bond acceptors (Lipinski definition) is 4. The molecule has 29 heavy (non-hydrogen) atoms. The van der Waals surface area contributed by atoms with Gasteiger partial charge in [-0.05, 0) is 64.2 Å². The molecule has 0 aromatic heterocycles. The summed E-state index contributed by atoms with van der Waals surface area (Å²) in [4.78, 5) is 21.8. The van der Waals surface area contributed by atoms with E-state index in [0.29, 0.717) is 0 Å². The van der Waals surface area contributed by atoms with E-state index in [1.807, 2.05) is 37.9 Å². The van der Waals surface area contributed by atoms with Crippen molar-refractivity contribution in [2.75, 3.05) is 18.5 Å². The number of allylic oxidation sites excluding steroid dienone is 1. The first kappa shape index (κ1) is 20.3. The van der Waals surface area contributed by atoms with Gasteiger partial charge in [-0.25, -0.2) is 4.79 Å². The van der Waals surface area contributed by atoms with Crippen LogP contribution in [0.4, 0.5) is 10.5 Å². The molecule has 5 nitrogen and oxygen atoms in total. The predicted molar refractivity (Wildman–Crippen MR) is 119 cm³/mol. The Bertz CT molecular complexity index is 900. The molecule has 3 heterocycles. The standard InChI is InChI=1S/C23H30ClN3O2/c1-14-6-9-20(27(14)22(28)29-23(2,3)4)19-12-15(13-25-19)16-7-8-18(24)17-10-11-26(5)21(16)17/h7-8,13-14,20H,6,9-12H2,1-5H3/t14-,20-/m0/s1. The van der Waals surface area contributed by atoms with Crippen LogP contribution in [0.15, 0.2) is 23.3 Å². The van der Waals surface area contributed by atoms with Gasteiger partial charge in [-0.15, -0.1) is 0 Å². The first-order chi connectivity index (χ1) is 13.7. The summed E-state index contributed by atoms with van der Waals surface area (Å²) in [6, 6.07) is 4.27. The fraction of sp³-hybridized carbons (Fsp3) is 0.565. The zero-order valence-corrected chi connectivity index (χ0v) is 18.7. The number of aliphatic imine (C=N–C) groups is 1. The van der Waals surface area contributed by atoms with Crippen molar-refractivity contribution in [3.05, 3.63) is 34.5 Å². The maximum Gasteiger partial charge on any atom is 0.411 e. The first-order valence-electron chi connectivity index (χ1n) is 10.5. The maximum atomic E-state index is 12.8. The van der Waals surface area contributed by atoms with Crippen molar-refractivity contribution in [2.24, 2.45) is 4.99 Å². The number of likely N-dealkylation sites (N-methyl/N-ethyl adjacent to an activating group) is 1. The number of nitrogens with zero attached hydrogens (tertiary/aromatic N) is 3. The highest BCUT2D eigenvalue weighted by Crippen LogP contribution is 2.42. The van der Waals surface area contributed by atoms with Gasteiger partial charge in [-0.1, -0.05) is 17.7 Å². The minimum atomic E-state index is -0.501. The monoisotopic (exact) mass is 415 g/mol. The predicted octanol–water partition coefficient (Wildman–Crippen LogP) is 5.31. The van der Waals surface area contributed by atoms with Gasteiger partial charge in [0.2, 0.25) is 0 Å². The molecule has 1 amide bonds. The summed E-state index contributed by atoms with van der Waals surface area (Å²) in [5.41, 5.74) is 5.41. The molecule has 2 atom stereocenters. The van der Waals surface area contributed by atoms with Crippen molar-refractivity contribution < 1.29 is 9.53 Å². The van der Waals surface area contributed by atoms with E-state index >= 15 is 0 Å². The third-order valence-corrected chi connectivity index (χ3v) is 6.42. The largest absolute Gasteiger partial charge is 0.444 e. The highest BCUT2D eigenvalue weighted by atomic mass is 35.5. The van der Waals surface area contributed by atoms with Gasteiger partial charge in [0.25, 0.3) is 0 Å². The van der Waals surface area contributed by atoms with Crippen LogP contribution >= 0.6 is 11.6 Å². The highest BCUT2D eigenvalue weighted by Gasteiger charge is 2.40. The molecule has 6 heteroatoms. The number of hydrogen-bond donors (Lipinski definition) is 0. The second-order valence-corrected chi connectivity index (χ2v) is 9.78. The number of rotatable bonds is 2. The number of anilines is 1. The number of likely N-dealkylation sites (tertiary alicyclic amines) is 1. The van der Waals surface area contributed by atoms with E-state index < -0.39 is 5.60 Å². The number of halogens is 1. The number of carbonyl (C=O) groups is 1. The van der Waals surface area contributed by atoms with E-state index in [0.717, 1.165) is 43.0 Å². The van der Waals surface area contributed by atoms with Crippen molar-refractivity contribution in [2.45, 2.75) is 71.1 Å². The molecule has 3 aliphatic heterocycles. The van der Waals surface area contributed by atoms with Gasteiger partial charge in [-0.2, -0.15) is 0 Å². The highest BCUT2D eigenvalue weighted by molar-refractivity contribution is 6.32. The lowest BCUT2D eigenvalue weighted by Crippen LogP contribution is -2.46. The lowest BCUT2D eigenvalue weighted by molar-refractivity contribution is 0.0205. The van der Waals surface area contributed by atoms with Crippen LogP contribution in [0.3, 0.4) is 0 Å². The molecule has 0 aliphatic carbocycles. The summed E-state index contributed by atoms with van der Waals surface area (Å²) in [6.07, 6.45) is 5.37. The summed E-state index contributed by atoms with van der Waals surface area (Å²) in [5.74, 6) is 0. The smallest absolute Gasteiger partial charge is 0.411 e. The van der Waals surface area contributed by atoms with Gasteiger partial charge in [0.15, 0.2) is 0 Å². The molecule has 0 saturated carbocycles. The van der Waals surface area contributed by atoms with Crippen molar-refractivity contribution in [3.63, 3.8) is 0 Å². The third-order valence-electron chi connectivity index (χ3n) is 6.07. The molecule has 0 spiro atoms. The average Bonchev–Trinajstić information content (AvgIpc) is 3.33. The summed E-state index contributed by atoms with van der Waals surface area (Å²) < 4.78 is 5.67. The van der Waals surface area contributed by atoms with Crippen LogP contribution in [0.1, 0.15) is 58.1 Å². The van der Waals surface area contributed by atoms with Gasteiger partial charge in [0.1, 0.15) is 5.60 Å². The SMILES string of the molecule is C[C@H]1CC[C@@H](C2=NC=C(c3ccc(Cl)c4c3N(C)CC4)C2)N1C(=O)OC(C)(C)C. The molecule has 3 aliphatic rings. The molecule has 1 aromatic rings. The minimum Gasteiger partial charge on any atom is -0.444 e. The van der Waals surface area contributed by atoms with Gasteiger partial charge in [-0.3, -0.25) is 9.89 Å². The van der Waals surface area contributed by atoms with E-state index in [4.69, 9.17) is 21.3 Å². The van der Waals surface area contributed by atoms with Gasteiger partial charge < -0.3 is 9.64 Å². The molecule has 0 bridgehead atoms. The van der Waals surface area contributed by atoms with Crippen LogP contribution in [0.2, 0.25) is 5.02 Å². The number of fused-ring (bicyclic) bond motifs is 1. The Balaban J connectivity index is 1.54. The minimum absolute atomic E-state index is 0.00618. The Morgan fingerprint density at radius 1 is 1.28 bits per heavy atom.